The van der Waals surface area contributed by atoms with Gasteiger partial charge in [0.05, 0.1) is 0 Å². The predicted octanol–water partition coefficient (Wildman–Crippen LogP) is 2.76. The molecule has 1 saturated carbocycles. The number of nitrogens with one attached hydrogen (secondary N) is 1. The van der Waals surface area contributed by atoms with E-state index >= 15 is 0 Å². The second-order valence-corrected chi connectivity index (χ2v) is 9.18. The molecule has 1 aliphatic heterocycles. The number of hydrogen-bond acceptors (Lipinski definition) is 5. The summed E-state index contributed by atoms with van der Waals surface area (Å²) in [5.41, 5.74) is 2.62. The van der Waals surface area contributed by atoms with Crippen molar-refractivity contribution >= 4 is 11.6 Å². The molecular formula is C25H33N5O2. The third kappa shape index (κ3) is 5.65. The average molecular weight is 436 g/mol. The number of aromatic amines is 1. The van der Waals surface area contributed by atoms with E-state index in [1.165, 1.54) is 12.8 Å². The highest BCUT2D eigenvalue weighted by molar-refractivity contribution is 5.87. The van der Waals surface area contributed by atoms with E-state index in [-0.39, 0.29) is 17.5 Å². The molecule has 0 aromatic carbocycles. The number of aromatic nitrogens is 2. The summed E-state index contributed by atoms with van der Waals surface area (Å²) in [5, 5.41) is 0. The molecule has 4 rings (SSSR count). The van der Waals surface area contributed by atoms with Crippen LogP contribution in [-0.4, -0.2) is 72.0 Å². The van der Waals surface area contributed by atoms with Gasteiger partial charge in [-0.3, -0.25) is 14.6 Å². The molecule has 1 atom stereocenters. The average Bonchev–Trinajstić information content (AvgIpc) is 3.63. The predicted molar refractivity (Wildman–Crippen MR) is 128 cm³/mol. The number of likely N-dealkylation sites (tertiary alicyclic amines) is 1. The van der Waals surface area contributed by atoms with Gasteiger partial charge in [0.2, 0.25) is 5.91 Å². The maximum Gasteiger partial charge on any atom is 0.271 e. The Balaban J connectivity index is 1.57. The van der Waals surface area contributed by atoms with Crippen molar-refractivity contribution in [2.24, 2.45) is 5.92 Å². The molecule has 0 spiro atoms. The van der Waals surface area contributed by atoms with Crippen LogP contribution in [0.5, 0.6) is 0 Å². The molecule has 3 heterocycles. The summed E-state index contributed by atoms with van der Waals surface area (Å²) in [7, 11) is 3.97. The number of carbonyl (C=O) groups excluding carboxylic acids is 1. The van der Waals surface area contributed by atoms with Crippen molar-refractivity contribution in [1.82, 2.24) is 19.8 Å². The molecule has 0 bridgehead atoms. The SMILES string of the molecule is CN(C)CC=CC(=O)N1CCC[C@@H](N(CC2CC2)c2cc(-c3ccncc3)c[nH]c2=O)C1. The second kappa shape index (κ2) is 10.1. The van der Waals surface area contributed by atoms with Crippen LogP contribution in [0.15, 0.2) is 53.7 Å². The quantitative estimate of drug-likeness (QED) is 0.646. The summed E-state index contributed by atoms with van der Waals surface area (Å²) in [5.74, 6) is 0.687. The van der Waals surface area contributed by atoms with Gasteiger partial charge in [-0.25, -0.2) is 0 Å². The third-order valence-electron chi connectivity index (χ3n) is 6.24. The Morgan fingerprint density at radius 1 is 1.22 bits per heavy atom. The van der Waals surface area contributed by atoms with Gasteiger partial charge in [-0.05, 0) is 69.5 Å². The lowest BCUT2D eigenvalue weighted by Gasteiger charge is -2.40. The molecule has 1 saturated heterocycles. The van der Waals surface area contributed by atoms with E-state index in [9.17, 15) is 9.59 Å². The van der Waals surface area contributed by atoms with E-state index in [0.29, 0.717) is 18.2 Å². The number of anilines is 1. The van der Waals surface area contributed by atoms with Crippen LogP contribution in [0.25, 0.3) is 11.1 Å². The third-order valence-corrected chi connectivity index (χ3v) is 6.24. The van der Waals surface area contributed by atoms with Crippen molar-refractivity contribution in [3.8, 4) is 11.1 Å². The Morgan fingerprint density at radius 3 is 2.72 bits per heavy atom. The van der Waals surface area contributed by atoms with E-state index in [4.69, 9.17) is 0 Å². The maximum absolute atomic E-state index is 12.9. The van der Waals surface area contributed by atoms with Gasteiger partial charge in [0.25, 0.3) is 5.56 Å². The zero-order valence-corrected chi connectivity index (χ0v) is 19.0. The standard InChI is InChI=1S/C25H33N5O2/c1-28(2)13-4-6-24(31)29-14-3-5-22(18-29)30(17-19-7-8-19)23-15-21(16-27-25(23)32)20-9-11-26-12-10-20/h4,6,9-12,15-16,19,22H,3,5,7-8,13-14,17-18H2,1-2H3,(H,27,32)/t22-/m1/s1. The van der Waals surface area contributed by atoms with Crippen LogP contribution in [0.2, 0.25) is 0 Å². The summed E-state index contributed by atoms with van der Waals surface area (Å²) >= 11 is 0. The molecule has 2 aromatic heterocycles. The van der Waals surface area contributed by atoms with Gasteiger partial charge in [0, 0.05) is 62.5 Å². The number of hydrogen-bond donors (Lipinski definition) is 1. The summed E-state index contributed by atoms with van der Waals surface area (Å²) in [6.45, 7) is 3.03. The van der Waals surface area contributed by atoms with Crippen LogP contribution in [0.4, 0.5) is 5.69 Å². The molecule has 7 heteroatoms. The molecular weight excluding hydrogens is 402 g/mol. The number of nitrogens with zero attached hydrogens (tertiary/aromatic N) is 4. The van der Waals surface area contributed by atoms with Crippen molar-refractivity contribution in [2.45, 2.75) is 31.7 Å². The van der Waals surface area contributed by atoms with Gasteiger partial charge >= 0.3 is 0 Å². The topological polar surface area (TPSA) is 72.5 Å². The van der Waals surface area contributed by atoms with E-state index in [2.05, 4.69) is 14.9 Å². The molecule has 0 unspecified atom stereocenters. The summed E-state index contributed by atoms with van der Waals surface area (Å²) in [6.07, 6.45) is 13.2. The summed E-state index contributed by atoms with van der Waals surface area (Å²) in [6, 6.07) is 6.03. The monoisotopic (exact) mass is 435 g/mol. The van der Waals surface area contributed by atoms with Crippen molar-refractivity contribution in [3.63, 3.8) is 0 Å². The van der Waals surface area contributed by atoms with Crippen molar-refractivity contribution in [3.05, 3.63) is 59.3 Å². The first kappa shape index (κ1) is 22.3. The molecule has 2 aliphatic rings. The summed E-state index contributed by atoms with van der Waals surface area (Å²) < 4.78 is 0. The largest absolute Gasteiger partial charge is 0.362 e. The van der Waals surface area contributed by atoms with Crippen LogP contribution < -0.4 is 10.5 Å². The van der Waals surface area contributed by atoms with Gasteiger partial charge in [-0.2, -0.15) is 0 Å². The van der Waals surface area contributed by atoms with Gasteiger partial charge in [-0.15, -0.1) is 0 Å². The fraction of sp³-hybridized carbons (Fsp3) is 0.480. The first-order valence-electron chi connectivity index (χ1n) is 11.5. The number of H-pyrrole nitrogens is 1. The van der Waals surface area contributed by atoms with Crippen molar-refractivity contribution < 1.29 is 4.79 Å². The smallest absolute Gasteiger partial charge is 0.271 e. The van der Waals surface area contributed by atoms with Crippen LogP contribution in [0.1, 0.15) is 25.7 Å². The lowest BCUT2D eigenvalue weighted by Crippen LogP contribution is -2.51. The van der Waals surface area contributed by atoms with E-state index < -0.39 is 0 Å². The van der Waals surface area contributed by atoms with E-state index in [1.807, 2.05) is 48.2 Å². The number of likely N-dealkylation sites (N-methyl/N-ethyl adjacent to an activating group) is 1. The van der Waals surface area contributed by atoms with Crippen molar-refractivity contribution in [2.75, 3.05) is 45.2 Å². The first-order chi connectivity index (χ1) is 15.5. The Bertz CT molecular complexity index is 997. The molecule has 32 heavy (non-hydrogen) atoms. The fourth-order valence-corrected chi connectivity index (χ4v) is 4.30. The lowest BCUT2D eigenvalue weighted by molar-refractivity contribution is -0.127. The molecule has 1 aliphatic carbocycles. The Morgan fingerprint density at radius 2 is 2.00 bits per heavy atom. The van der Waals surface area contributed by atoms with E-state index in [1.54, 1.807) is 24.7 Å². The minimum atomic E-state index is -0.0715. The number of piperidine rings is 1. The molecule has 2 fully saturated rings. The van der Waals surface area contributed by atoms with Crippen LogP contribution in [0.3, 0.4) is 0 Å². The van der Waals surface area contributed by atoms with Crippen LogP contribution in [-0.2, 0) is 4.79 Å². The molecule has 0 radical (unpaired) electrons. The van der Waals surface area contributed by atoms with Crippen LogP contribution >= 0.6 is 0 Å². The molecule has 7 nitrogen and oxygen atoms in total. The Hall–Kier alpha value is -2.93. The highest BCUT2D eigenvalue weighted by Crippen LogP contribution is 2.33. The van der Waals surface area contributed by atoms with Gasteiger partial charge in [0.1, 0.15) is 5.69 Å². The highest BCUT2D eigenvalue weighted by atomic mass is 16.2. The minimum absolute atomic E-state index is 0.0577. The maximum atomic E-state index is 12.9. The molecule has 1 amide bonds. The fourth-order valence-electron chi connectivity index (χ4n) is 4.30. The number of amides is 1. The molecule has 170 valence electrons. The zero-order chi connectivity index (χ0) is 22.5. The first-order valence-corrected chi connectivity index (χ1v) is 11.5. The number of rotatable bonds is 8. The van der Waals surface area contributed by atoms with Crippen molar-refractivity contribution in [1.29, 1.82) is 0 Å². The molecule has 1 N–H and O–H groups in total. The highest BCUT2D eigenvalue weighted by Gasteiger charge is 2.33. The Kier molecular flexibility index (Phi) is 7.05. The normalized spacial score (nSPS) is 19.0. The molecule has 2 aromatic rings. The van der Waals surface area contributed by atoms with Gasteiger partial charge in [0.15, 0.2) is 0 Å². The van der Waals surface area contributed by atoms with Gasteiger partial charge in [-0.1, -0.05) is 6.08 Å². The number of pyridine rings is 2. The number of carbonyl (C=O) groups is 1. The minimum Gasteiger partial charge on any atom is -0.362 e. The Labute approximate surface area is 189 Å². The van der Waals surface area contributed by atoms with Gasteiger partial charge < -0.3 is 19.7 Å². The second-order valence-electron chi connectivity index (χ2n) is 9.18. The summed E-state index contributed by atoms with van der Waals surface area (Å²) in [4.78, 5) is 38.9. The zero-order valence-electron chi connectivity index (χ0n) is 19.0. The van der Waals surface area contributed by atoms with E-state index in [0.717, 1.165) is 43.6 Å². The van der Waals surface area contributed by atoms with Crippen LogP contribution in [0, 0.1) is 5.92 Å². The lowest BCUT2D eigenvalue weighted by atomic mass is 10.0.